The van der Waals surface area contributed by atoms with Crippen molar-refractivity contribution in [1.29, 1.82) is 0 Å². The van der Waals surface area contributed by atoms with E-state index in [1.54, 1.807) is 6.07 Å². The molecular formula is C10H7BrClNO. The van der Waals surface area contributed by atoms with Crippen molar-refractivity contribution in [2.45, 2.75) is 6.92 Å². The number of hydrogen-bond acceptors (Lipinski definition) is 1. The molecule has 14 heavy (non-hydrogen) atoms. The number of aromatic nitrogens is 1. The number of aromatic amines is 1. The van der Waals surface area contributed by atoms with E-state index < -0.39 is 0 Å². The number of aryl methyl sites for hydroxylation is 1. The summed E-state index contributed by atoms with van der Waals surface area (Å²) in [4.78, 5) is 14.3. The molecule has 4 heteroatoms. The van der Waals surface area contributed by atoms with Crippen LogP contribution in [0.5, 0.6) is 0 Å². The van der Waals surface area contributed by atoms with E-state index in [-0.39, 0.29) is 5.56 Å². The minimum absolute atomic E-state index is 0.147. The number of pyridine rings is 1. The van der Waals surface area contributed by atoms with Crippen LogP contribution in [0.4, 0.5) is 0 Å². The van der Waals surface area contributed by atoms with Gasteiger partial charge in [0.05, 0.1) is 10.4 Å². The summed E-state index contributed by atoms with van der Waals surface area (Å²) in [7, 11) is 0. The fourth-order valence-corrected chi connectivity index (χ4v) is 2.12. The van der Waals surface area contributed by atoms with E-state index in [0.717, 1.165) is 15.6 Å². The Kier molecular flexibility index (Phi) is 2.37. The van der Waals surface area contributed by atoms with Crippen LogP contribution in [0.2, 0.25) is 5.02 Å². The van der Waals surface area contributed by atoms with Gasteiger partial charge in [-0.1, -0.05) is 23.7 Å². The second-order valence-corrected chi connectivity index (χ2v) is 4.26. The third kappa shape index (κ3) is 1.37. The Bertz CT molecular complexity index is 562. The summed E-state index contributed by atoms with van der Waals surface area (Å²) in [5, 5.41) is 1.86. The molecule has 0 saturated carbocycles. The Morgan fingerprint density at radius 1 is 1.43 bits per heavy atom. The summed E-state index contributed by atoms with van der Waals surface area (Å²) < 4.78 is 0.884. The van der Waals surface area contributed by atoms with Crippen molar-refractivity contribution < 1.29 is 0 Å². The first-order chi connectivity index (χ1) is 6.61. The zero-order valence-corrected chi connectivity index (χ0v) is 9.74. The van der Waals surface area contributed by atoms with Gasteiger partial charge >= 0.3 is 0 Å². The van der Waals surface area contributed by atoms with E-state index >= 15 is 0 Å². The molecule has 0 bridgehead atoms. The fourth-order valence-electron chi connectivity index (χ4n) is 1.43. The van der Waals surface area contributed by atoms with Gasteiger partial charge in [0, 0.05) is 15.6 Å². The molecule has 1 heterocycles. The van der Waals surface area contributed by atoms with Crippen molar-refractivity contribution in [1.82, 2.24) is 4.98 Å². The van der Waals surface area contributed by atoms with Crippen molar-refractivity contribution in [2.75, 3.05) is 0 Å². The van der Waals surface area contributed by atoms with E-state index in [1.807, 2.05) is 19.1 Å². The van der Waals surface area contributed by atoms with Crippen LogP contribution >= 0.6 is 27.5 Å². The molecular weight excluding hydrogens is 265 g/mol. The highest BCUT2D eigenvalue weighted by Gasteiger charge is 2.08. The third-order valence-corrected chi connectivity index (χ3v) is 3.44. The average molecular weight is 273 g/mol. The molecule has 0 radical (unpaired) electrons. The molecule has 0 atom stereocenters. The predicted molar refractivity (Wildman–Crippen MR) is 62.0 cm³/mol. The minimum Gasteiger partial charge on any atom is -0.325 e. The molecule has 72 valence electrons. The van der Waals surface area contributed by atoms with E-state index in [4.69, 9.17) is 11.6 Å². The first-order valence-electron chi connectivity index (χ1n) is 4.08. The van der Waals surface area contributed by atoms with Crippen LogP contribution in [-0.4, -0.2) is 4.98 Å². The van der Waals surface area contributed by atoms with E-state index in [9.17, 15) is 4.79 Å². The number of hydrogen-bond donors (Lipinski definition) is 1. The quantitative estimate of drug-likeness (QED) is 0.784. The summed E-state index contributed by atoms with van der Waals surface area (Å²) in [6.07, 6.45) is 0. The Balaban J connectivity index is 3.10. The summed E-state index contributed by atoms with van der Waals surface area (Å²) in [5.74, 6) is 0. The van der Waals surface area contributed by atoms with Crippen molar-refractivity contribution in [3.05, 3.63) is 43.7 Å². The van der Waals surface area contributed by atoms with Crippen molar-refractivity contribution in [3.8, 4) is 0 Å². The van der Waals surface area contributed by atoms with Gasteiger partial charge in [-0.3, -0.25) is 4.79 Å². The highest BCUT2D eigenvalue weighted by atomic mass is 79.9. The molecule has 2 aromatic rings. The maximum atomic E-state index is 11.6. The average Bonchev–Trinajstić information content (AvgIpc) is 2.14. The topological polar surface area (TPSA) is 32.9 Å². The molecule has 0 amide bonds. The number of halogens is 2. The second kappa shape index (κ2) is 3.41. The lowest BCUT2D eigenvalue weighted by Crippen LogP contribution is -2.08. The van der Waals surface area contributed by atoms with Crippen LogP contribution in [0.15, 0.2) is 27.5 Å². The maximum absolute atomic E-state index is 11.6. The van der Waals surface area contributed by atoms with Crippen LogP contribution in [-0.2, 0) is 0 Å². The molecule has 2 rings (SSSR count). The molecule has 0 saturated heterocycles. The third-order valence-electron chi connectivity index (χ3n) is 2.11. The van der Waals surface area contributed by atoms with E-state index in [1.165, 1.54) is 0 Å². The zero-order valence-electron chi connectivity index (χ0n) is 7.40. The molecule has 1 aromatic heterocycles. The summed E-state index contributed by atoms with van der Waals surface area (Å²) in [5.41, 5.74) is 0.663. The smallest absolute Gasteiger partial charge is 0.257 e. The van der Waals surface area contributed by atoms with Gasteiger partial charge in [0.15, 0.2) is 0 Å². The number of benzene rings is 1. The number of rotatable bonds is 0. The van der Waals surface area contributed by atoms with Gasteiger partial charge in [-0.2, -0.15) is 0 Å². The molecule has 0 unspecified atom stereocenters. The first kappa shape index (κ1) is 9.74. The monoisotopic (exact) mass is 271 g/mol. The van der Waals surface area contributed by atoms with Crippen molar-refractivity contribution in [2.24, 2.45) is 0 Å². The Morgan fingerprint density at radius 2 is 2.14 bits per heavy atom. The Hall–Kier alpha value is -0.800. The first-order valence-corrected chi connectivity index (χ1v) is 5.25. The number of fused-ring (bicyclic) bond motifs is 1. The SMILES string of the molecule is Cc1[nH]c(=O)c2c(Cl)cccc2c1Br. The summed E-state index contributed by atoms with van der Waals surface area (Å²) >= 11 is 9.37. The number of nitrogens with one attached hydrogen (secondary N) is 1. The molecule has 0 spiro atoms. The van der Waals surface area contributed by atoms with Crippen molar-refractivity contribution >= 4 is 38.3 Å². The molecule has 0 aliphatic carbocycles. The van der Waals surface area contributed by atoms with Crippen molar-refractivity contribution in [3.63, 3.8) is 0 Å². The lowest BCUT2D eigenvalue weighted by Gasteiger charge is -2.04. The van der Waals surface area contributed by atoms with Gasteiger partial charge < -0.3 is 4.98 Å². The van der Waals surface area contributed by atoms with Gasteiger partial charge in [-0.25, -0.2) is 0 Å². The Labute approximate surface area is 94.0 Å². The minimum atomic E-state index is -0.147. The molecule has 0 aliphatic rings. The molecule has 1 aromatic carbocycles. The van der Waals surface area contributed by atoms with Gasteiger partial charge in [0.25, 0.3) is 5.56 Å². The van der Waals surface area contributed by atoms with Crippen LogP contribution < -0.4 is 5.56 Å². The van der Waals surface area contributed by atoms with Gasteiger partial charge in [-0.05, 0) is 28.9 Å². The fraction of sp³-hybridized carbons (Fsp3) is 0.100. The lowest BCUT2D eigenvalue weighted by atomic mass is 10.1. The normalized spacial score (nSPS) is 10.8. The van der Waals surface area contributed by atoms with Crippen LogP contribution in [0, 0.1) is 6.92 Å². The lowest BCUT2D eigenvalue weighted by molar-refractivity contribution is 1.16. The van der Waals surface area contributed by atoms with Gasteiger partial charge in [-0.15, -0.1) is 0 Å². The Morgan fingerprint density at radius 3 is 2.86 bits per heavy atom. The van der Waals surface area contributed by atoms with Gasteiger partial charge in [0.2, 0.25) is 0 Å². The van der Waals surface area contributed by atoms with Crippen LogP contribution in [0.25, 0.3) is 10.8 Å². The second-order valence-electron chi connectivity index (χ2n) is 3.06. The van der Waals surface area contributed by atoms with Gasteiger partial charge in [0.1, 0.15) is 0 Å². The van der Waals surface area contributed by atoms with E-state index in [2.05, 4.69) is 20.9 Å². The summed E-state index contributed by atoms with van der Waals surface area (Å²) in [6, 6.07) is 5.41. The summed E-state index contributed by atoms with van der Waals surface area (Å²) in [6.45, 7) is 1.84. The predicted octanol–water partition coefficient (Wildman–Crippen LogP) is 3.25. The zero-order chi connectivity index (χ0) is 10.3. The standard InChI is InChI=1S/C10H7BrClNO/c1-5-9(11)6-3-2-4-7(12)8(6)10(14)13-5/h2-4H,1H3,(H,13,14). The number of H-pyrrole nitrogens is 1. The molecule has 2 nitrogen and oxygen atoms in total. The maximum Gasteiger partial charge on any atom is 0.257 e. The molecule has 0 aliphatic heterocycles. The van der Waals surface area contributed by atoms with Crippen LogP contribution in [0.1, 0.15) is 5.69 Å². The molecule has 0 fully saturated rings. The molecule has 1 N–H and O–H groups in total. The largest absolute Gasteiger partial charge is 0.325 e. The highest BCUT2D eigenvalue weighted by molar-refractivity contribution is 9.10. The van der Waals surface area contributed by atoms with Crippen LogP contribution in [0.3, 0.4) is 0 Å². The van der Waals surface area contributed by atoms with E-state index in [0.29, 0.717) is 10.4 Å². The highest BCUT2D eigenvalue weighted by Crippen LogP contribution is 2.27.